The quantitative estimate of drug-likeness (QED) is 0.791. The first-order chi connectivity index (χ1) is 7.85. The Balaban J connectivity index is 1.70. The molecule has 0 saturated heterocycles. The molecule has 2 rings (SSSR count). The Hall–Kier alpha value is -0.520. The highest BCUT2D eigenvalue weighted by Crippen LogP contribution is 2.43. The van der Waals surface area contributed by atoms with Gasteiger partial charge in [0.2, 0.25) is 0 Å². The average molecular weight is 241 g/mol. The molecular formula is C11H19N3OS. The number of aromatic nitrogens is 2. The van der Waals surface area contributed by atoms with Crippen LogP contribution in [0.3, 0.4) is 0 Å². The predicted octanol–water partition coefficient (Wildman–Crippen LogP) is 1.83. The lowest BCUT2D eigenvalue weighted by molar-refractivity contribution is 0.0688. The van der Waals surface area contributed by atoms with Gasteiger partial charge in [0.15, 0.2) is 0 Å². The van der Waals surface area contributed by atoms with Gasteiger partial charge >= 0.3 is 0 Å². The molecular weight excluding hydrogens is 222 g/mol. The molecule has 16 heavy (non-hydrogen) atoms. The Morgan fingerprint density at radius 3 is 3.00 bits per heavy atom. The fraction of sp³-hybridized carbons (Fsp3) is 0.818. The van der Waals surface area contributed by atoms with Crippen molar-refractivity contribution in [2.45, 2.75) is 32.2 Å². The van der Waals surface area contributed by atoms with Gasteiger partial charge < -0.3 is 10.1 Å². The van der Waals surface area contributed by atoms with Crippen molar-refractivity contribution in [3.05, 3.63) is 11.1 Å². The zero-order chi connectivity index (χ0) is 11.3. The van der Waals surface area contributed by atoms with Crippen molar-refractivity contribution in [2.24, 2.45) is 5.41 Å². The first-order valence-corrected chi connectivity index (χ1v) is 6.64. The summed E-state index contributed by atoms with van der Waals surface area (Å²) in [5.41, 5.74) is 1.53. The summed E-state index contributed by atoms with van der Waals surface area (Å²) in [5, 5.41) is 9.51. The molecule has 0 amide bonds. The molecule has 1 fully saturated rings. The average Bonchev–Trinajstić information content (AvgIpc) is 2.73. The van der Waals surface area contributed by atoms with Crippen LogP contribution in [0.5, 0.6) is 0 Å². The van der Waals surface area contributed by atoms with Crippen molar-refractivity contribution >= 4 is 11.5 Å². The third-order valence-corrected chi connectivity index (χ3v) is 4.02. The second-order valence-corrected chi connectivity index (χ2v) is 5.21. The Kier molecular flexibility index (Phi) is 4.26. The lowest BCUT2D eigenvalue weighted by atomic mass is 9.67. The Labute approximate surface area is 101 Å². The number of ether oxygens (including phenoxy) is 1. The summed E-state index contributed by atoms with van der Waals surface area (Å²) in [6.07, 6.45) is 5.20. The van der Waals surface area contributed by atoms with E-state index in [1.54, 1.807) is 7.11 Å². The molecule has 0 bridgehead atoms. The maximum absolute atomic E-state index is 5.18. The highest BCUT2D eigenvalue weighted by atomic mass is 32.1. The van der Waals surface area contributed by atoms with Gasteiger partial charge in [0, 0.05) is 32.2 Å². The number of nitrogens with zero attached hydrogens (tertiary/aromatic N) is 2. The fourth-order valence-corrected chi connectivity index (χ4v) is 2.68. The SMILES string of the molecule is COCCC1(CNCc2csnn2)CCC1. The van der Waals surface area contributed by atoms with Crippen LogP contribution in [0, 0.1) is 5.41 Å². The highest BCUT2D eigenvalue weighted by molar-refractivity contribution is 7.03. The molecule has 0 aliphatic heterocycles. The summed E-state index contributed by atoms with van der Waals surface area (Å²) in [4.78, 5) is 0. The third kappa shape index (κ3) is 2.99. The molecule has 1 aromatic rings. The van der Waals surface area contributed by atoms with E-state index in [1.165, 1.54) is 37.2 Å². The second kappa shape index (κ2) is 5.70. The van der Waals surface area contributed by atoms with Crippen molar-refractivity contribution in [1.82, 2.24) is 14.9 Å². The zero-order valence-electron chi connectivity index (χ0n) is 9.74. The fourth-order valence-electron chi connectivity index (χ4n) is 2.23. The van der Waals surface area contributed by atoms with Gasteiger partial charge in [-0.05, 0) is 36.2 Å². The van der Waals surface area contributed by atoms with Crippen LogP contribution >= 0.6 is 11.5 Å². The summed E-state index contributed by atoms with van der Waals surface area (Å²) >= 11 is 1.41. The van der Waals surface area contributed by atoms with Gasteiger partial charge in [0.25, 0.3) is 0 Å². The van der Waals surface area contributed by atoms with Crippen molar-refractivity contribution in [2.75, 3.05) is 20.3 Å². The molecule has 0 spiro atoms. The number of hydrogen-bond donors (Lipinski definition) is 1. The molecule has 1 saturated carbocycles. The van der Waals surface area contributed by atoms with E-state index in [2.05, 4.69) is 14.9 Å². The second-order valence-electron chi connectivity index (χ2n) is 4.60. The normalized spacial score (nSPS) is 18.3. The lowest BCUT2D eigenvalue weighted by Crippen LogP contribution is -2.40. The van der Waals surface area contributed by atoms with Gasteiger partial charge in [-0.2, -0.15) is 0 Å². The van der Waals surface area contributed by atoms with E-state index in [9.17, 15) is 0 Å². The number of methoxy groups -OCH3 is 1. The standard InChI is InChI=1S/C11H19N3OS/c1-15-6-5-11(3-2-4-11)9-12-7-10-8-16-14-13-10/h8,12H,2-7,9H2,1H3. The molecule has 1 aliphatic rings. The summed E-state index contributed by atoms with van der Waals surface area (Å²) in [7, 11) is 1.78. The van der Waals surface area contributed by atoms with E-state index >= 15 is 0 Å². The van der Waals surface area contributed by atoms with Gasteiger partial charge in [-0.15, -0.1) is 5.10 Å². The van der Waals surface area contributed by atoms with Gasteiger partial charge in [-0.1, -0.05) is 10.9 Å². The molecule has 0 atom stereocenters. The molecule has 0 aromatic carbocycles. The Morgan fingerprint density at radius 1 is 1.56 bits per heavy atom. The van der Waals surface area contributed by atoms with E-state index in [-0.39, 0.29) is 0 Å². The molecule has 1 aliphatic carbocycles. The van der Waals surface area contributed by atoms with E-state index in [1.807, 2.05) is 5.38 Å². The highest BCUT2D eigenvalue weighted by Gasteiger charge is 2.35. The first-order valence-electron chi connectivity index (χ1n) is 5.80. The molecule has 4 nitrogen and oxygen atoms in total. The lowest BCUT2D eigenvalue weighted by Gasteiger charge is -2.42. The van der Waals surface area contributed by atoms with Crippen LogP contribution < -0.4 is 5.32 Å². The summed E-state index contributed by atoms with van der Waals surface area (Å²) in [6.45, 7) is 2.79. The maximum Gasteiger partial charge on any atom is 0.0893 e. The van der Waals surface area contributed by atoms with Crippen molar-refractivity contribution < 1.29 is 4.74 Å². The number of rotatable bonds is 7. The van der Waals surface area contributed by atoms with Crippen molar-refractivity contribution in [3.63, 3.8) is 0 Å². The van der Waals surface area contributed by atoms with E-state index in [4.69, 9.17) is 4.74 Å². The van der Waals surface area contributed by atoms with Crippen LogP contribution in [0.1, 0.15) is 31.4 Å². The Bertz CT molecular complexity index is 298. The molecule has 90 valence electrons. The van der Waals surface area contributed by atoms with Gasteiger partial charge in [0.1, 0.15) is 0 Å². The largest absolute Gasteiger partial charge is 0.385 e. The van der Waals surface area contributed by atoms with Crippen LogP contribution in [0.2, 0.25) is 0 Å². The minimum atomic E-state index is 0.486. The minimum Gasteiger partial charge on any atom is -0.385 e. The monoisotopic (exact) mass is 241 g/mol. The van der Waals surface area contributed by atoms with Crippen molar-refractivity contribution in [1.29, 1.82) is 0 Å². The topological polar surface area (TPSA) is 47.0 Å². The van der Waals surface area contributed by atoms with Gasteiger partial charge in [-0.25, -0.2) is 0 Å². The molecule has 1 heterocycles. The molecule has 0 unspecified atom stereocenters. The van der Waals surface area contributed by atoms with Crippen LogP contribution in [-0.2, 0) is 11.3 Å². The smallest absolute Gasteiger partial charge is 0.0893 e. The van der Waals surface area contributed by atoms with Crippen molar-refractivity contribution in [3.8, 4) is 0 Å². The summed E-state index contributed by atoms with van der Waals surface area (Å²) in [5.74, 6) is 0. The van der Waals surface area contributed by atoms with E-state index in [0.29, 0.717) is 5.41 Å². The minimum absolute atomic E-state index is 0.486. The Morgan fingerprint density at radius 2 is 2.44 bits per heavy atom. The van der Waals surface area contributed by atoms with Crippen LogP contribution in [0.4, 0.5) is 0 Å². The molecule has 1 aromatic heterocycles. The van der Waals surface area contributed by atoms with E-state index < -0.39 is 0 Å². The maximum atomic E-state index is 5.18. The van der Waals surface area contributed by atoms with E-state index in [0.717, 1.165) is 25.4 Å². The number of hydrogen-bond acceptors (Lipinski definition) is 5. The van der Waals surface area contributed by atoms with Crippen LogP contribution in [-0.4, -0.2) is 29.8 Å². The van der Waals surface area contributed by atoms with Crippen LogP contribution in [0.25, 0.3) is 0 Å². The zero-order valence-corrected chi connectivity index (χ0v) is 10.6. The molecule has 5 heteroatoms. The molecule has 1 N–H and O–H groups in total. The summed E-state index contributed by atoms with van der Waals surface area (Å²) in [6, 6.07) is 0. The third-order valence-electron chi connectivity index (χ3n) is 3.46. The first kappa shape index (κ1) is 12.0. The molecule has 0 radical (unpaired) electrons. The van der Waals surface area contributed by atoms with Gasteiger partial charge in [0.05, 0.1) is 5.69 Å². The summed E-state index contributed by atoms with van der Waals surface area (Å²) < 4.78 is 9.03. The van der Waals surface area contributed by atoms with Gasteiger partial charge in [-0.3, -0.25) is 0 Å². The number of nitrogens with one attached hydrogen (secondary N) is 1. The van der Waals surface area contributed by atoms with Crippen LogP contribution in [0.15, 0.2) is 5.38 Å². The predicted molar refractivity (Wildman–Crippen MR) is 64.4 cm³/mol.